The van der Waals surface area contributed by atoms with Crippen molar-refractivity contribution >= 4 is 32.8 Å². The summed E-state index contributed by atoms with van der Waals surface area (Å²) < 4.78 is 3.08. The molecule has 0 spiro atoms. The fraction of sp³-hybridized carbons (Fsp3) is 0. The van der Waals surface area contributed by atoms with Gasteiger partial charge in [0.15, 0.2) is 11.5 Å². The molecule has 2 aromatic heterocycles. The fourth-order valence-electron chi connectivity index (χ4n) is 2.81. The van der Waals surface area contributed by atoms with E-state index in [1.165, 1.54) is 6.33 Å². The first-order valence-electron chi connectivity index (χ1n) is 7.42. The third-order valence-corrected chi connectivity index (χ3v) is 4.44. The number of nitrogens with one attached hydrogen (secondary N) is 1. The van der Waals surface area contributed by atoms with Gasteiger partial charge in [-0.2, -0.15) is 0 Å². The van der Waals surface area contributed by atoms with Gasteiger partial charge in [-0.25, -0.2) is 15.8 Å². The molecule has 2 heterocycles. The lowest BCUT2D eigenvalue weighted by molar-refractivity contribution is 1.07. The second-order valence-corrected chi connectivity index (χ2v) is 6.24. The van der Waals surface area contributed by atoms with Crippen LogP contribution in [-0.2, 0) is 0 Å². The molecule has 0 bridgehead atoms. The van der Waals surface area contributed by atoms with E-state index in [9.17, 15) is 0 Å². The number of nitrogens with two attached hydrogens (primary N) is 1. The maximum absolute atomic E-state index is 5.67. The lowest BCUT2D eigenvalue weighted by Crippen LogP contribution is -2.09. The molecule has 0 amide bonds. The van der Waals surface area contributed by atoms with E-state index < -0.39 is 0 Å². The Hall–Kier alpha value is -2.70. The number of halogens is 1. The summed E-state index contributed by atoms with van der Waals surface area (Å²) in [6.07, 6.45) is 3.58. The van der Waals surface area contributed by atoms with Crippen LogP contribution >= 0.6 is 15.9 Å². The first-order chi connectivity index (χ1) is 11.8. The quantitative estimate of drug-likeness (QED) is 0.414. The maximum Gasteiger partial charge on any atom is 0.153 e. The van der Waals surface area contributed by atoms with Gasteiger partial charge in [0, 0.05) is 21.9 Å². The minimum atomic E-state index is 0.606. The summed E-state index contributed by atoms with van der Waals surface area (Å²) in [4.78, 5) is 8.74. The molecule has 0 aliphatic heterocycles. The van der Waals surface area contributed by atoms with Crippen molar-refractivity contribution in [2.75, 3.05) is 5.43 Å². The Balaban J connectivity index is 2.04. The summed E-state index contributed by atoms with van der Waals surface area (Å²) in [5.41, 5.74) is 6.62. The van der Waals surface area contributed by atoms with Crippen molar-refractivity contribution in [2.24, 2.45) is 5.84 Å². The molecule has 0 aliphatic rings. The van der Waals surface area contributed by atoms with E-state index in [0.717, 1.165) is 32.3 Å². The van der Waals surface area contributed by atoms with Gasteiger partial charge in [0.1, 0.15) is 6.33 Å². The van der Waals surface area contributed by atoms with Crippen LogP contribution in [0.2, 0.25) is 0 Å². The summed E-state index contributed by atoms with van der Waals surface area (Å²) in [5.74, 6) is 6.28. The van der Waals surface area contributed by atoms with E-state index >= 15 is 0 Å². The van der Waals surface area contributed by atoms with Crippen LogP contribution in [0.5, 0.6) is 0 Å². The number of rotatable bonds is 3. The van der Waals surface area contributed by atoms with E-state index in [0.29, 0.717) is 5.82 Å². The Kier molecular flexibility index (Phi) is 3.76. The molecule has 5 nitrogen and oxygen atoms in total. The Labute approximate surface area is 147 Å². The second-order valence-electron chi connectivity index (χ2n) is 5.32. The Bertz CT molecular complexity index is 993. The molecule has 4 aromatic rings. The predicted molar refractivity (Wildman–Crippen MR) is 99.8 cm³/mol. The van der Waals surface area contributed by atoms with Gasteiger partial charge in [0.2, 0.25) is 0 Å². The molecule has 6 heteroatoms. The average Bonchev–Trinajstić information content (AvgIpc) is 3.03. The molecule has 0 saturated carbocycles. The Morgan fingerprint density at radius 1 is 0.958 bits per heavy atom. The zero-order chi connectivity index (χ0) is 16.5. The van der Waals surface area contributed by atoms with Crippen LogP contribution in [-0.4, -0.2) is 14.5 Å². The Morgan fingerprint density at radius 2 is 1.71 bits per heavy atom. The molecule has 0 atom stereocenters. The van der Waals surface area contributed by atoms with Crippen LogP contribution in [0.15, 0.2) is 71.6 Å². The third kappa shape index (κ3) is 2.46. The summed E-state index contributed by atoms with van der Waals surface area (Å²) in [5, 5.41) is 0.897. The van der Waals surface area contributed by atoms with Gasteiger partial charge in [-0.3, -0.25) is 0 Å². The molecule has 4 rings (SSSR count). The number of nitrogen functional groups attached to an aromatic ring is 1. The summed E-state index contributed by atoms with van der Waals surface area (Å²) in [6.45, 7) is 0. The number of anilines is 1. The van der Waals surface area contributed by atoms with Crippen molar-refractivity contribution in [3.63, 3.8) is 0 Å². The number of nitrogens with zero attached hydrogens (tertiary/aromatic N) is 3. The largest absolute Gasteiger partial charge is 0.308 e. The van der Waals surface area contributed by atoms with Gasteiger partial charge in [0.25, 0.3) is 0 Å². The highest BCUT2D eigenvalue weighted by Crippen LogP contribution is 2.34. The standard InChI is InChI=1S/C18H14BrN5/c19-13-6-8-14(9-7-13)24-10-15(12-4-2-1-3-5-12)16-17(23-20)21-11-22-18(16)24/h1-11H,20H2,(H,21,22,23). The lowest BCUT2D eigenvalue weighted by atomic mass is 10.1. The molecule has 24 heavy (non-hydrogen) atoms. The van der Waals surface area contributed by atoms with E-state index in [-0.39, 0.29) is 0 Å². The zero-order valence-corrected chi connectivity index (χ0v) is 14.2. The first-order valence-corrected chi connectivity index (χ1v) is 8.21. The fourth-order valence-corrected chi connectivity index (χ4v) is 3.07. The highest BCUT2D eigenvalue weighted by atomic mass is 79.9. The topological polar surface area (TPSA) is 68.8 Å². The van der Waals surface area contributed by atoms with Crippen LogP contribution < -0.4 is 11.3 Å². The molecule has 0 saturated heterocycles. The maximum atomic E-state index is 5.67. The van der Waals surface area contributed by atoms with Crippen molar-refractivity contribution in [1.82, 2.24) is 14.5 Å². The van der Waals surface area contributed by atoms with Gasteiger partial charge in [-0.15, -0.1) is 0 Å². The van der Waals surface area contributed by atoms with Crippen molar-refractivity contribution in [1.29, 1.82) is 0 Å². The lowest BCUT2D eigenvalue weighted by Gasteiger charge is -2.05. The molecular weight excluding hydrogens is 366 g/mol. The number of hydrogen-bond donors (Lipinski definition) is 2. The van der Waals surface area contributed by atoms with Crippen LogP contribution in [0.25, 0.3) is 27.8 Å². The Morgan fingerprint density at radius 3 is 2.42 bits per heavy atom. The number of hydrogen-bond acceptors (Lipinski definition) is 4. The summed E-state index contributed by atoms with van der Waals surface area (Å²) >= 11 is 3.47. The third-order valence-electron chi connectivity index (χ3n) is 3.91. The minimum Gasteiger partial charge on any atom is -0.308 e. The smallest absolute Gasteiger partial charge is 0.153 e. The molecule has 0 fully saturated rings. The average molecular weight is 380 g/mol. The molecule has 2 aromatic carbocycles. The molecule has 118 valence electrons. The zero-order valence-electron chi connectivity index (χ0n) is 12.6. The molecule has 0 unspecified atom stereocenters. The number of aromatic nitrogens is 3. The van der Waals surface area contributed by atoms with Crippen LogP contribution in [0.4, 0.5) is 5.82 Å². The van der Waals surface area contributed by atoms with Crippen molar-refractivity contribution in [3.05, 3.63) is 71.6 Å². The van der Waals surface area contributed by atoms with Gasteiger partial charge < -0.3 is 9.99 Å². The van der Waals surface area contributed by atoms with Crippen LogP contribution in [0, 0.1) is 0 Å². The number of hydrazine groups is 1. The van der Waals surface area contributed by atoms with E-state index in [4.69, 9.17) is 5.84 Å². The normalized spacial score (nSPS) is 10.9. The monoisotopic (exact) mass is 379 g/mol. The molecule has 3 N–H and O–H groups in total. The molecule has 0 radical (unpaired) electrons. The highest BCUT2D eigenvalue weighted by Gasteiger charge is 2.16. The van der Waals surface area contributed by atoms with E-state index in [2.05, 4.69) is 49.7 Å². The van der Waals surface area contributed by atoms with Gasteiger partial charge in [0.05, 0.1) is 5.39 Å². The van der Waals surface area contributed by atoms with Gasteiger partial charge in [-0.05, 0) is 29.8 Å². The van der Waals surface area contributed by atoms with Crippen LogP contribution in [0.1, 0.15) is 0 Å². The summed E-state index contributed by atoms with van der Waals surface area (Å²) in [7, 11) is 0. The number of fused-ring (bicyclic) bond motifs is 1. The first kappa shape index (κ1) is 14.9. The van der Waals surface area contributed by atoms with Crippen molar-refractivity contribution in [3.8, 4) is 16.8 Å². The molecular formula is C18H14BrN5. The molecule has 0 aliphatic carbocycles. The second kappa shape index (κ2) is 6.07. The van der Waals surface area contributed by atoms with Crippen molar-refractivity contribution in [2.45, 2.75) is 0 Å². The van der Waals surface area contributed by atoms with Crippen molar-refractivity contribution < 1.29 is 0 Å². The summed E-state index contributed by atoms with van der Waals surface area (Å²) in [6, 6.07) is 18.2. The predicted octanol–water partition coefficient (Wildman–Crippen LogP) is 4.14. The van der Waals surface area contributed by atoms with Gasteiger partial charge in [-0.1, -0.05) is 46.3 Å². The highest BCUT2D eigenvalue weighted by molar-refractivity contribution is 9.10. The number of benzene rings is 2. The van der Waals surface area contributed by atoms with Crippen LogP contribution in [0.3, 0.4) is 0 Å². The van der Waals surface area contributed by atoms with E-state index in [1.807, 2.05) is 47.0 Å². The SMILES string of the molecule is NNc1ncnc2c1c(-c1ccccc1)cn2-c1ccc(Br)cc1. The van der Waals surface area contributed by atoms with E-state index in [1.54, 1.807) is 0 Å². The van der Waals surface area contributed by atoms with Gasteiger partial charge >= 0.3 is 0 Å². The minimum absolute atomic E-state index is 0.606.